The van der Waals surface area contributed by atoms with E-state index in [1.54, 1.807) is 0 Å². The van der Waals surface area contributed by atoms with Crippen molar-refractivity contribution in [2.75, 3.05) is 0 Å². The molecule has 0 unspecified atom stereocenters. The molecule has 0 amide bonds. The van der Waals surface area contributed by atoms with Gasteiger partial charge < -0.3 is 0 Å². The summed E-state index contributed by atoms with van der Waals surface area (Å²) in [5.41, 5.74) is -3.86. The lowest BCUT2D eigenvalue weighted by molar-refractivity contribution is -0.137. The van der Waals surface area contributed by atoms with Crippen LogP contribution in [0, 0.1) is 23.5 Å². The molecule has 0 aliphatic rings. The predicted molar refractivity (Wildman–Crippen MR) is 54.5 cm³/mol. The number of hydrogen-bond donors (Lipinski definition) is 0. The van der Waals surface area contributed by atoms with E-state index in [1.165, 1.54) is 0 Å². The van der Waals surface area contributed by atoms with E-state index in [0.717, 1.165) is 12.1 Å². The Kier molecular flexibility index (Phi) is 3.41. The van der Waals surface area contributed by atoms with Crippen molar-refractivity contribution in [2.45, 2.75) is 6.18 Å². The topological polar surface area (TPSA) is 12.9 Å². The van der Waals surface area contributed by atoms with Crippen molar-refractivity contribution in [2.24, 2.45) is 0 Å². The van der Waals surface area contributed by atoms with Gasteiger partial charge in [0.2, 0.25) is 0 Å². The van der Waals surface area contributed by atoms with Crippen LogP contribution < -0.4 is 0 Å². The summed E-state index contributed by atoms with van der Waals surface area (Å²) in [6.45, 7) is 0. The van der Waals surface area contributed by atoms with Crippen molar-refractivity contribution in [3.8, 4) is 11.1 Å². The third-order valence-corrected chi connectivity index (χ3v) is 2.50. The summed E-state index contributed by atoms with van der Waals surface area (Å²) in [6.07, 6.45) is -4.94. The van der Waals surface area contributed by atoms with E-state index in [1.807, 2.05) is 0 Å². The fourth-order valence-electron chi connectivity index (χ4n) is 1.67. The van der Waals surface area contributed by atoms with Crippen molar-refractivity contribution >= 4 is 0 Å². The molecule has 2 aromatic rings. The van der Waals surface area contributed by atoms with Crippen LogP contribution >= 0.6 is 0 Å². The summed E-state index contributed by atoms with van der Waals surface area (Å²) in [6, 6.07) is 3.30. The SMILES string of the molecule is Fc1nc(F)c(F)c(-c2ccccc2C(F)(F)F)c1F. The Balaban J connectivity index is 2.83. The Morgan fingerprint density at radius 2 is 1.30 bits per heavy atom. The molecule has 0 aliphatic heterocycles. The molecule has 106 valence electrons. The van der Waals surface area contributed by atoms with Gasteiger partial charge in [-0.25, -0.2) is 8.78 Å². The Morgan fingerprint density at radius 1 is 0.800 bits per heavy atom. The van der Waals surface area contributed by atoms with Gasteiger partial charge in [0.25, 0.3) is 11.9 Å². The molecule has 1 aromatic carbocycles. The highest BCUT2D eigenvalue weighted by atomic mass is 19.4. The van der Waals surface area contributed by atoms with Gasteiger partial charge in [0.15, 0.2) is 11.6 Å². The molecule has 20 heavy (non-hydrogen) atoms. The summed E-state index contributed by atoms with van der Waals surface area (Å²) >= 11 is 0. The number of aromatic nitrogens is 1. The third kappa shape index (κ3) is 2.33. The Hall–Kier alpha value is -2.12. The number of hydrogen-bond acceptors (Lipinski definition) is 1. The second kappa shape index (κ2) is 4.77. The Labute approximate surface area is 107 Å². The third-order valence-electron chi connectivity index (χ3n) is 2.50. The summed E-state index contributed by atoms with van der Waals surface area (Å²) in [5, 5.41) is 0. The highest BCUT2D eigenvalue weighted by molar-refractivity contribution is 5.69. The monoisotopic (exact) mass is 295 g/mol. The normalized spacial score (nSPS) is 11.8. The first-order valence-electron chi connectivity index (χ1n) is 5.10. The van der Waals surface area contributed by atoms with E-state index in [0.29, 0.717) is 12.1 Å². The van der Waals surface area contributed by atoms with Crippen LogP contribution in [0.4, 0.5) is 30.7 Å². The summed E-state index contributed by atoms with van der Waals surface area (Å²) in [4.78, 5) is 2.29. The zero-order valence-electron chi connectivity index (χ0n) is 9.40. The first kappa shape index (κ1) is 14.3. The number of rotatable bonds is 1. The molecule has 0 bridgehead atoms. The van der Waals surface area contributed by atoms with E-state index in [-0.39, 0.29) is 0 Å². The minimum atomic E-state index is -4.94. The number of pyridine rings is 1. The molecule has 1 heterocycles. The minimum Gasteiger partial charge on any atom is -0.201 e. The first-order chi connectivity index (χ1) is 9.23. The number of benzene rings is 1. The van der Waals surface area contributed by atoms with Gasteiger partial charge in [-0.3, -0.25) is 0 Å². The van der Waals surface area contributed by atoms with Crippen LogP contribution in [-0.4, -0.2) is 4.98 Å². The molecular weight excluding hydrogens is 291 g/mol. The highest BCUT2D eigenvalue weighted by Crippen LogP contribution is 2.39. The average molecular weight is 295 g/mol. The lowest BCUT2D eigenvalue weighted by Gasteiger charge is -2.14. The molecule has 0 radical (unpaired) electrons. The predicted octanol–water partition coefficient (Wildman–Crippen LogP) is 4.32. The maximum absolute atomic E-state index is 13.5. The maximum atomic E-state index is 13.5. The lowest BCUT2D eigenvalue weighted by atomic mass is 9.99. The van der Waals surface area contributed by atoms with Crippen LogP contribution in [0.3, 0.4) is 0 Å². The van der Waals surface area contributed by atoms with E-state index in [9.17, 15) is 30.7 Å². The van der Waals surface area contributed by atoms with E-state index in [4.69, 9.17) is 0 Å². The standard InChI is InChI=1S/C12H4F7N/c13-8-7(9(14)11(16)20-10(8)15)5-3-1-2-4-6(5)12(17,18)19/h1-4H. The average Bonchev–Trinajstić information content (AvgIpc) is 2.36. The van der Waals surface area contributed by atoms with Gasteiger partial charge >= 0.3 is 6.18 Å². The van der Waals surface area contributed by atoms with E-state index >= 15 is 0 Å². The molecule has 0 atom stereocenters. The van der Waals surface area contributed by atoms with Crippen molar-refractivity contribution in [3.63, 3.8) is 0 Å². The highest BCUT2D eigenvalue weighted by Gasteiger charge is 2.35. The van der Waals surface area contributed by atoms with Crippen LogP contribution in [0.1, 0.15) is 5.56 Å². The molecule has 2 rings (SSSR count). The quantitative estimate of drug-likeness (QED) is 0.564. The van der Waals surface area contributed by atoms with Gasteiger partial charge in [0, 0.05) is 5.56 Å². The zero-order chi connectivity index (χ0) is 15.1. The zero-order valence-corrected chi connectivity index (χ0v) is 9.40. The molecule has 0 aliphatic carbocycles. The molecule has 1 nitrogen and oxygen atoms in total. The number of nitrogens with zero attached hydrogens (tertiary/aromatic N) is 1. The molecule has 0 N–H and O–H groups in total. The minimum absolute atomic E-state index is 0.546. The fourth-order valence-corrected chi connectivity index (χ4v) is 1.67. The van der Waals surface area contributed by atoms with Crippen LogP contribution in [0.5, 0.6) is 0 Å². The van der Waals surface area contributed by atoms with Crippen LogP contribution in [0.25, 0.3) is 11.1 Å². The molecule has 0 saturated heterocycles. The van der Waals surface area contributed by atoms with Crippen molar-refractivity contribution < 1.29 is 30.7 Å². The largest absolute Gasteiger partial charge is 0.417 e. The first-order valence-corrected chi connectivity index (χ1v) is 5.10. The van der Waals surface area contributed by atoms with Crippen molar-refractivity contribution in [1.82, 2.24) is 4.98 Å². The number of halogens is 7. The van der Waals surface area contributed by atoms with Crippen molar-refractivity contribution in [3.05, 3.63) is 53.4 Å². The molecule has 0 fully saturated rings. The molecule has 8 heteroatoms. The van der Waals surface area contributed by atoms with Gasteiger partial charge in [0.1, 0.15) is 0 Å². The van der Waals surface area contributed by atoms with Gasteiger partial charge in [-0.05, 0) is 6.07 Å². The molecule has 1 aromatic heterocycles. The molecular formula is C12H4F7N. The maximum Gasteiger partial charge on any atom is 0.417 e. The second-order valence-electron chi connectivity index (χ2n) is 3.74. The number of alkyl halides is 3. The second-order valence-corrected chi connectivity index (χ2v) is 3.74. The van der Waals surface area contributed by atoms with Gasteiger partial charge in [0.05, 0.1) is 11.1 Å². The Morgan fingerprint density at radius 3 is 1.80 bits per heavy atom. The lowest BCUT2D eigenvalue weighted by Crippen LogP contribution is -2.10. The van der Waals surface area contributed by atoms with Crippen LogP contribution in [0.15, 0.2) is 24.3 Å². The van der Waals surface area contributed by atoms with Crippen molar-refractivity contribution in [1.29, 1.82) is 0 Å². The van der Waals surface area contributed by atoms with Gasteiger partial charge in [-0.1, -0.05) is 18.2 Å². The van der Waals surface area contributed by atoms with Gasteiger partial charge in [-0.2, -0.15) is 26.9 Å². The van der Waals surface area contributed by atoms with E-state index in [2.05, 4.69) is 4.98 Å². The smallest absolute Gasteiger partial charge is 0.201 e. The van der Waals surface area contributed by atoms with Crippen LogP contribution in [-0.2, 0) is 6.18 Å². The van der Waals surface area contributed by atoms with Crippen LogP contribution in [0.2, 0.25) is 0 Å². The summed E-state index contributed by atoms with van der Waals surface area (Å²) < 4.78 is 91.1. The molecule has 0 spiro atoms. The van der Waals surface area contributed by atoms with E-state index < -0.39 is 46.4 Å². The van der Waals surface area contributed by atoms with Gasteiger partial charge in [-0.15, -0.1) is 0 Å². The summed E-state index contributed by atoms with van der Waals surface area (Å²) in [5.74, 6) is -8.01. The Bertz CT molecular complexity index is 637. The molecule has 0 saturated carbocycles. The summed E-state index contributed by atoms with van der Waals surface area (Å²) in [7, 11) is 0. The fraction of sp³-hybridized carbons (Fsp3) is 0.0833.